The number of hydrogen-bond donors (Lipinski definition) is 1. The average molecular weight is 272 g/mol. The zero-order valence-corrected chi connectivity index (χ0v) is 11.7. The molecule has 0 aromatic heterocycles. The van der Waals surface area contributed by atoms with E-state index in [9.17, 15) is 9.90 Å². The molecular weight excluding hydrogens is 252 g/mol. The van der Waals surface area contributed by atoms with Gasteiger partial charge in [-0.15, -0.1) is 0 Å². The van der Waals surface area contributed by atoms with Crippen molar-refractivity contribution in [3.8, 4) is 0 Å². The molecule has 1 unspecified atom stereocenters. The summed E-state index contributed by atoms with van der Waals surface area (Å²) in [4.78, 5) is 12.5. The van der Waals surface area contributed by atoms with Crippen molar-refractivity contribution in [2.45, 2.75) is 30.8 Å². The summed E-state index contributed by atoms with van der Waals surface area (Å²) >= 11 is 0. The highest BCUT2D eigenvalue weighted by Crippen LogP contribution is 2.64. The van der Waals surface area contributed by atoms with Crippen LogP contribution < -0.4 is 0 Å². The number of allylic oxidation sites excluding steroid dienone is 1. The Labute approximate surface area is 119 Å². The van der Waals surface area contributed by atoms with Crippen LogP contribution in [0.3, 0.4) is 0 Å². The van der Waals surface area contributed by atoms with E-state index in [4.69, 9.17) is 4.74 Å². The molecule has 1 N–H and O–H groups in total. The predicted molar refractivity (Wildman–Crippen MR) is 76.1 cm³/mol. The van der Waals surface area contributed by atoms with Crippen LogP contribution in [-0.2, 0) is 14.9 Å². The Hall–Kier alpha value is -1.61. The number of hydrogen-bond acceptors (Lipinski definition) is 3. The molecule has 0 saturated heterocycles. The maximum absolute atomic E-state index is 12.5. The van der Waals surface area contributed by atoms with Crippen LogP contribution in [0.1, 0.15) is 24.8 Å². The summed E-state index contributed by atoms with van der Waals surface area (Å²) in [7, 11) is 1.46. The number of esters is 1. The van der Waals surface area contributed by atoms with Crippen LogP contribution in [0.4, 0.5) is 0 Å². The van der Waals surface area contributed by atoms with Gasteiger partial charge in [0, 0.05) is 0 Å². The first-order valence-corrected chi connectivity index (χ1v) is 7.20. The first-order valence-electron chi connectivity index (χ1n) is 7.20. The van der Waals surface area contributed by atoms with Crippen molar-refractivity contribution in [2.24, 2.45) is 11.8 Å². The Balaban J connectivity index is 1.98. The minimum absolute atomic E-state index is 0.136. The van der Waals surface area contributed by atoms with E-state index in [0.29, 0.717) is 12.3 Å². The van der Waals surface area contributed by atoms with Gasteiger partial charge in [0.05, 0.1) is 18.6 Å². The molecule has 0 bridgehead atoms. The van der Waals surface area contributed by atoms with Crippen LogP contribution in [0, 0.1) is 11.8 Å². The lowest BCUT2D eigenvalue weighted by Crippen LogP contribution is -2.26. The fourth-order valence-corrected chi connectivity index (χ4v) is 3.88. The largest absolute Gasteiger partial charge is 0.468 e. The average Bonchev–Trinajstić information content (AvgIpc) is 3.10. The maximum atomic E-state index is 12.5. The second-order valence-electron chi connectivity index (χ2n) is 5.75. The second kappa shape index (κ2) is 5.06. The van der Waals surface area contributed by atoms with Crippen LogP contribution in [0.15, 0.2) is 42.5 Å². The van der Waals surface area contributed by atoms with Gasteiger partial charge in [-0.05, 0) is 36.7 Å². The molecule has 3 rings (SSSR count). The molecule has 20 heavy (non-hydrogen) atoms. The highest BCUT2D eigenvalue weighted by molar-refractivity contribution is 5.88. The van der Waals surface area contributed by atoms with E-state index in [-0.39, 0.29) is 18.0 Å². The highest BCUT2D eigenvalue weighted by Gasteiger charge is 2.69. The smallest absolute Gasteiger partial charge is 0.316 e. The van der Waals surface area contributed by atoms with Crippen LogP contribution in [0.25, 0.3) is 0 Å². The van der Waals surface area contributed by atoms with E-state index in [1.165, 1.54) is 7.11 Å². The van der Waals surface area contributed by atoms with Gasteiger partial charge in [-0.1, -0.05) is 42.5 Å². The van der Waals surface area contributed by atoms with Gasteiger partial charge in [0.2, 0.25) is 0 Å². The van der Waals surface area contributed by atoms with E-state index in [1.54, 1.807) is 0 Å². The lowest BCUT2D eigenvalue weighted by molar-refractivity contribution is -0.144. The molecule has 4 atom stereocenters. The monoisotopic (exact) mass is 272 g/mol. The fourth-order valence-electron chi connectivity index (χ4n) is 3.88. The Kier molecular flexibility index (Phi) is 3.38. The first-order chi connectivity index (χ1) is 9.71. The Bertz CT molecular complexity index is 522. The van der Waals surface area contributed by atoms with Crippen molar-refractivity contribution in [3.63, 3.8) is 0 Å². The quantitative estimate of drug-likeness (QED) is 0.664. The zero-order valence-electron chi connectivity index (χ0n) is 11.7. The maximum Gasteiger partial charge on any atom is 0.316 e. The third-order valence-electron chi connectivity index (χ3n) is 4.84. The molecule has 106 valence electrons. The van der Waals surface area contributed by atoms with Crippen LogP contribution in [0.5, 0.6) is 0 Å². The summed E-state index contributed by atoms with van der Waals surface area (Å²) in [5, 5.41) is 9.78. The molecule has 0 heterocycles. The summed E-state index contributed by atoms with van der Waals surface area (Å²) in [6, 6.07) is 9.93. The van der Waals surface area contributed by atoms with Gasteiger partial charge >= 0.3 is 5.97 Å². The molecular formula is C17H20O3. The number of fused-ring (bicyclic) bond motifs is 1. The number of carbonyl (C=O) groups excluding carboxylic acids is 1. The van der Waals surface area contributed by atoms with Gasteiger partial charge in [0.15, 0.2) is 0 Å². The van der Waals surface area contributed by atoms with Crippen molar-refractivity contribution < 1.29 is 14.6 Å². The molecule has 0 aliphatic heterocycles. The van der Waals surface area contributed by atoms with E-state index in [0.717, 1.165) is 18.4 Å². The summed E-state index contributed by atoms with van der Waals surface area (Å²) in [5.74, 6) is 0.432. The van der Waals surface area contributed by atoms with Gasteiger partial charge in [0.1, 0.15) is 0 Å². The molecule has 1 aromatic carbocycles. The second-order valence-corrected chi connectivity index (χ2v) is 5.75. The Morgan fingerprint density at radius 3 is 2.70 bits per heavy atom. The SMILES string of the molecule is COC(=O)[C@]1(c2ccccc2)C2C/C=C\[C@H](O)CC[C@H]21. The minimum atomic E-state index is -0.510. The van der Waals surface area contributed by atoms with Gasteiger partial charge in [0.25, 0.3) is 0 Å². The van der Waals surface area contributed by atoms with Crippen LogP contribution in [0.2, 0.25) is 0 Å². The van der Waals surface area contributed by atoms with Crippen molar-refractivity contribution >= 4 is 5.97 Å². The Morgan fingerprint density at radius 1 is 1.25 bits per heavy atom. The minimum Gasteiger partial charge on any atom is -0.468 e. The molecule has 1 fully saturated rings. The number of rotatable bonds is 2. The number of ether oxygens (including phenoxy) is 1. The lowest BCUT2D eigenvalue weighted by atomic mass is 9.90. The molecule has 0 radical (unpaired) electrons. The number of aliphatic hydroxyl groups is 1. The summed E-state index contributed by atoms with van der Waals surface area (Å²) in [6.07, 6.45) is 5.87. The van der Waals surface area contributed by atoms with Crippen LogP contribution >= 0.6 is 0 Å². The molecule has 0 spiro atoms. The molecule has 1 saturated carbocycles. The third kappa shape index (κ3) is 1.88. The molecule has 3 heteroatoms. The standard InChI is InChI=1S/C17H20O3/c1-20-16(19)17(12-6-3-2-4-7-12)14-9-5-8-13(18)10-11-15(14)17/h2-8,13-15,18H,9-11H2,1H3/b8-5-/t13-,14?,15+,17+/m0/s1. The van der Waals surface area contributed by atoms with E-state index in [1.807, 2.05) is 42.5 Å². The topological polar surface area (TPSA) is 46.5 Å². The molecule has 1 aromatic rings. The highest BCUT2D eigenvalue weighted by atomic mass is 16.5. The molecule has 2 aliphatic rings. The number of carbonyl (C=O) groups is 1. The third-order valence-corrected chi connectivity index (χ3v) is 4.84. The summed E-state index contributed by atoms with van der Waals surface area (Å²) < 4.78 is 5.11. The Morgan fingerprint density at radius 2 is 2.00 bits per heavy atom. The number of benzene rings is 1. The number of methoxy groups -OCH3 is 1. The lowest BCUT2D eigenvalue weighted by Gasteiger charge is -2.16. The fraction of sp³-hybridized carbons (Fsp3) is 0.471. The van der Waals surface area contributed by atoms with Crippen molar-refractivity contribution in [1.29, 1.82) is 0 Å². The van der Waals surface area contributed by atoms with E-state index < -0.39 is 5.41 Å². The van der Waals surface area contributed by atoms with Gasteiger partial charge in [-0.2, -0.15) is 0 Å². The molecule has 0 amide bonds. The van der Waals surface area contributed by atoms with Gasteiger partial charge in [-0.25, -0.2) is 0 Å². The van der Waals surface area contributed by atoms with Gasteiger partial charge in [-0.3, -0.25) is 4.79 Å². The van der Waals surface area contributed by atoms with E-state index in [2.05, 4.69) is 0 Å². The summed E-state index contributed by atoms with van der Waals surface area (Å²) in [5.41, 5.74) is 0.538. The van der Waals surface area contributed by atoms with Crippen molar-refractivity contribution in [3.05, 3.63) is 48.0 Å². The molecule has 3 nitrogen and oxygen atoms in total. The van der Waals surface area contributed by atoms with Crippen LogP contribution in [-0.4, -0.2) is 24.3 Å². The summed E-state index contributed by atoms with van der Waals surface area (Å²) in [6.45, 7) is 0. The van der Waals surface area contributed by atoms with Gasteiger partial charge < -0.3 is 9.84 Å². The van der Waals surface area contributed by atoms with Crippen molar-refractivity contribution in [2.75, 3.05) is 7.11 Å². The van der Waals surface area contributed by atoms with Crippen molar-refractivity contribution in [1.82, 2.24) is 0 Å². The van der Waals surface area contributed by atoms with E-state index >= 15 is 0 Å². The predicted octanol–water partition coefficient (Wildman–Crippen LogP) is 2.44. The zero-order chi connectivity index (χ0) is 14.2. The molecule has 2 aliphatic carbocycles. The first kappa shape index (κ1) is 13.4. The number of aliphatic hydroxyl groups excluding tert-OH is 1. The normalized spacial score (nSPS) is 37.2.